The first-order valence-corrected chi connectivity index (χ1v) is 3.98. The Morgan fingerprint density at radius 2 is 1.69 bits per heavy atom. The molecule has 0 bridgehead atoms. The molecule has 0 aromatic carbocycles. The lowest BCUT2D eigenvalue weighted by atomic mass is 9.91. The molecule has 5 N–H and O–H groups in total. The van der Waals surface area contributed by atoms with Gasteiger partial charge in [-0.25, -0.2) is 0 Å². The Balaban J connectivity index is 2.76. The molecule has 1 rings (SSSR count). The number of aliphatic hydroxyl groups is 3. The summed E-state index contributed by atoms with van der Waals surface area (Å²) in [5.41, 5.74) is 0. The van der Waals surface area contributed by atoms with Crippen molar-refractivity contribution in [3.8, 4) is 0 Å². The van der Waals surface area contributed by atoms with Crippen molar-refractivity contribution in [3.63, 3.8) is 0 Å². The molecule has 0 spiro atoms. The van der Waals surface area contributed by atoms with Gasteiger partial charge in [0.15, 0.2) is 0 Å². The molecule has 0 amide bonds. The summed E-state index contributed by atoms with van der Waals surface area (Å²) in [6.07, 6.45) is -4.05. The lowest BCUT2D eigenvalue weighted by Crippen LogP contribution is -2.66. The Hall–Kier alpha value is -0.690. The van der Waals surface area contributed by atoms with Crippen molar-refractivity contribution < 1.29 is 25.2 Å². The standard InChI is InChI=1S/C7H13NO5/c1-2-4(9)6(11)5(10)3(8-2)7(12)13/h2-6,8-11H,1H3,(H,12,13)/t2-,3+,4-,5-,6+/m0/s1. The van der Waals surface area contributed by atoms with Gasteiger partial charge in [0.2, 0.25) is 0 Å². The highest BCUT2D eigenvalue weighted by atomic mass is 16.4. The summed E-state index contributed by atoms with van der Waals surface area (Å²) < 4.78 is 0. The maximum absolute atomic E-state index is 10.5. The molecule has 1 heterocycles. The van der Waals surface area contributed by atoms with Crippen molar-refractivity contribution in [1.29, 1.82) is 0 Å². The third kappa shape index (κ3) is 1.80. The van der Waals surface area contributed by atoms with Crippen molar-refractivity contribution in [2.24, 2.45) is 0 Å². The second-order valence-electron chi connectivity index (χ2n) is 3.24. The Labute approximate surface area is 74.8 Å². The fourth-order valence-electron chi connectivity index (χ4n) is 1.39. The van der Waals surface area contributed by atoms with E-state index in [2.05, 4.69) is 5.32 Å². The van der Waals surface area contributed by atoms with Crippen molar-refractivity contribution in [3.05, 3.63) is 0 Å². The number of piperidine rings is 1. The van der Waals surface area contributed by atoms with Crippen LogP contribution in [0.25, 0.3) is 0 Å². The fraction of sp³-hybridized carbons (Fsp3) is 0.857. The van der Waals surface area contributed by atoms with Gasteiger partial charge in [-0.15, -0.1) is 0 Å². The van der Waals surface area contributed by atoms with E-state index in [-0.39, 0.29) is 0 Å². The van der Waals surface area contributed by atoms with E-state index in [0.717, 1.165) is 0 Å². The summed E-state index contributed by atoms with van der Waals surface area (Å²) >= 11 is 0. The predicted octanol–water partition coefficient (Wildman–Crippen LogP) is -2.49. The fourth-order valence-corrected chi connectivity index (χ4v) is 1.39. The second kappa shape index (κ2) is 3.59. The maximum Gasteiger partial charge on any atom is 0.323 e. The van der Waals surface area contributed by atoms with Gasteiger partial charge in [0.1, 0.15) is 18.2 Å². The van der Waals surface area contributed by atoms with Crippen LogP contribution < -0.4 is 5.32 Å². The third-order valence-electron chi connectivity index (χ3n) is 2.26. The van der Waals surface area contributed by atoms with Gasteiger partial charge in [0.25, 0.3) is 0 Å². The minimum atomic E-state index is -1.48. The average molecular weight is 191 g/mol. The molecule has 5 atom stereocenters. The average Bonchev–Trinajstić information content (AvgIpc) is 2.07. The first kappa shape index (κ1) is 10.4. The number of carboxylic acids is 1. The van der Waals surface area contributed by atoms with E-state index in [1.807, 2.05) is 0 Å². The molecule has 13 heavy (non-hydrogen) atoms. The topological polar surface area (TPSA) is 110 Å². The summed E-state index contributed by atoms with van der Waals surface area (Å²) in [5.74, 6) is -1.25. The third-order valence-corrected chi connectivity index (χ3v) is 2.26. The van der Waals surface area contributed by atoms with Gasteiger partial charge >= 0.3 is 5.97 Å². The molecule has 6 heteroatoms. The van der Waals surface area contributed by atoms with E-state index >= 15 is 0 Å². The highest BCUT2D eigenvalue weighted by Crippen LogP contribution is 2.15. The quantitative estimate of drug-likeness (QED) is 0.314. The summed E-state index contributed by atoms with van der Waals surface area (Å²) in [5, 5.41) is 38.8. The highest BCUT2D eigenvalue weighted by molar-refractivity contribution is 5.74. The normalized spacial score (nSPS) is 46.0. The van der Waals surface area contributed by atoms with Crippen LogP contribution in [0.3, 0.4) is 0 Å². The van der Waals surface area contributed by atoms with E-state index in [9.17, 15) is 20.1 Å². The molecule has 6 nitrogen and oxygen atoms in total. The van der Waals surface area contributed by atoms with Crippen molar-refractivity contribution in [2.45, 2.75) is 37.3 Å². The van der Waals surface area contributed by atoms with Gasteiger partial charge in [-0.2, -0.15) is 0 Å². The largest absolute Gasteiger partial charge is 0.480 e. The van der Waals surface area contributed by atoms with Crippen LogP contribution in [-0.2, 0) is 4.79 Å². The number of aliphatic hydroxyl groups excluding tert-OH is 3. The van der Waals surface area contributed by atoms with Gasteiger partial charge in [-0.05, 0) is 6.92 Å². The molecule has 1 fully saturated rings. The smallest absolute Gasteiger partial charge is 0.323 e. The van der Waals surface area contributed by atoms with Gasteiger partial charge in [-0.3, -0.25) is 10.1 Å². The molecular formula is C7H13NO5. The zero-order valence-corrected chi connectivity index (χ0v) is 7.08. The number of hydrogen-bond donors (Lipinski definition) is 5. The number of rotatable bonds is 1. The van der Waals surface area contributed by atoms with Crippen molar-refractivity contribution >= 4 is 5.97 Å². The van der Waals surface area contributed by atoms with E-state index in [0.29, 0.717) is 0 Å². The van der Waals surface area contributed by atoms with Crippen LogP contribution in [0.1, 0.15) is 6.92 Å². The van der Waals surface area contributed by atoms with Crippen LogP contribution in [0.15, 0.2) is 0 Å². The number of aliphatic carboxylic acids is 1. The Bertz CT molecular complexity index is 209. The molecule has 0 radical (unpaired) electrons. The number of nitrogens with one attached hydrogen (secondary N) is 1. The Kier molecular flexibility index (Phi) is 2.87. The molecule has 76 valence electrons. The van der Waals surface area contributed by atoms with E-state index < -0.39 is 36.4 Å². The zero-order chi connectivity index (χ0) is 10.2. The first-order chi connectivity index (χ1) is 5.95. The van der Waals surface area contributed by atoms with Crippen molar-refractivity contribution in [2.75, 3.05) is 0 Å². The van der Waals surface area contributed by atoms with E-state index in [4.69, 9.17) is 5.11 Å². The predicted molar refractivity (Wildman–Crippen MR) is 42.0 cm³/mol. The monoisotopic (exact) mass is 191 g/mol. The Morgan fingerprint density at radius 1 is 1.15 bits per heavy atom. The summed E-state index contributed by atoms with van der Waals surface area (Å²) in [7, 11) is 0. The van der Waals surface area contributed by atoms with E-state index in [1.54, 1.807) is 0 Å². The molecule has 0 aromatic rings. The van der Waals surface area contributed by atoms with Gasteiger partial charge in [0.05, 0.1) is 6.10 Å². The molecule has 0 unspecified atom stereocenters. The lowest BCUT2D eigenvalue weighted by molar-refractivity contribution is -0.156. The van der Waals surface area contributed by atoms with Crippen LogP contribution in [-0.4, -0.2) is 56.8 Å². The highest BCUT2D eigenvalue weighted by Gasteiger charge is 2.43. The van der Waals surface area contributed by atoms with Crippen LogP contribution in [0.4, 0.5) is 0 Å². The van der Waals surface area contributed by atoms with Crippen molar-refractivity contribution in [1.82, 2.24) is 5.32 Å². The van der Waals surface area contributed by atoms with Gasteiger partial charge in [0, 0.05) is 6.04 Å². The molecular weight excluding hydrogens is 178 g/mol. The summed E-state index contributed by atoms with van der Waals surface area (Å²) in [4.78, 5) is 10.5. The molecule has 1 saturated heterocycles. The first-order valence-electron chi connectivity index (χ1n) is 3.98. The molecule has 0 aliphatic carbocycles. The van der Waals surface area contributed by atoms with Crippen LogP contribution >= 0.6 is 0 Å². The SMILES string of the molecule is C[C@@H]1N[C@@H](C(=O)O)[C@H](O)[C@H](O)[C@H]1O. The lowest BCUT2D eigenvalue weighted by Gasteiger charge is -2.38. The summed E-state index contributed by atoms with van der Waals surface area (Å²) in [6.45, 7) is 1.54. The number of carboxylic acid groups (broad SMARTS) is 1. The minimum Gasteiger partial charge on any atom is -0.480 e. The van der Waals surface area contributed by atoms with Crippen LogP contribution in [0.2, 0.25) is 0 Å². The second-order valence-corrected chi connectivity index (χ2v) is 3.24. The number of carbonyl (C=O) groups is 1. The van der Waals surface area contributed by atoms with Crippen LogP contribution in [0, 0.1) is 0 Å². The molecule has 1 aliphatic heterocycles. The summed E-state index contributed by atoms with van der Waals surface area (Å²) in [6, 6.07) is -1.78. The minimum absolute atomic E-state index is 0.556. The van der Waals surface area contributed by atoms with Crippen LogP contribution in [0.5, 0.6) is 0 Å². The maximum atomic E-state index is 10.5. The van der Waals surface area contributed by atoms with Gasteiger partial charge in [-0.1, -0.05) is 0 Å². The zero-order valence-electron chi connectivity index (χ0n) is 7.08. The molecule has 1 aliphatic rings. The number of hydrogen-bond acceptors (Lipinski definition) is 5. The molecule has 0 aromatic heterocycles. The van der Waals surface area contributed by atoms with Gasteiger partial charge < -0.3 is 20.4 Å². The molecule has 0 saturated carbocycles. The van der Waals surface area contributed by atoms with E-state index in [1.165, 1.54) is 6.92 Å². The Morgan fingerprint density at radius 3 is 2.15 bits per heavy atom.